The lowest BCUT2D eigenvalue weighted by atomic mass is 9.98. The molecule has 0 unspecified atom stereocenters. The molecule has 0 saturated carbocycles. The van der Waals surface area contributed by atoms with Crippen LogP contribution in [0.1, 0.15) is 39.5 Å². The third-order valence-corrected chi connectivity index (χ3v) is 6.05. The van der Waals surface area contributed by atoms with E-state index in [1.807, 2.05) is 24.3 Å². The zero-order chi connectivity index (χ0) is 24.2. The van der Waals surface area contributed by atoms with Crippen LogP contribution in [-0.2, 0) is 9.47 Å². The summed E-state index contributed by atoms with van der Waals surface area (Å²) in [6.45, 7) is 0.640. The van der Waals surface area contributed by atoms with Crippen LogP contribution in [0.2, 0.25) is 0 Å². The van der Waals surface area contributed by atoms with Crippen molar-refractivity contribution in [2.24, 2.45) is 0 Å². The van der Waals surface area contributed by atoms with Crippen LogP contribution in [0, 0.1) is 11.8 Å². The van der Waals surface area contributed by atoms with Crippen LogP contribution in [0.15, 0.2) is 66.7 Å². The van der Waals surface area contributed by atoms with E-state index in [-0.39, 0.29) is 12.5 Å². The van der Waals surface area contributed by atoms with Gasteiger partial charge in [-0.3, -0.25) is 5.10 Å². The summed E-state index contributed by atoms with van der Waals surface area (Å²) in [5, 5.41) is 10.6. The monoisotopic (exact) mass is 465 g/mol. The summed E-state index contributed by atoms with van der Waals surface area (Å²) < 4.78 is 10.3. The Morgan fingerprint density at radius 2 is 1.74 bits per heavy atom. The normalized spacial score (nSPS) is 11.8. The quantitative estimate of drug-likeness (QED) is 0.255. The molecular weight excluding hydrogens is 442 g/mol. The number of carbonyl (C=O) groups excluding carboxylic acids is 2. The molecule has 1 heterocycles. The minimum absolute atomic E-state index is 0.0290. The average molecular weight is 466 g/mol. The maximum atomic E-state index is 12.3. The van der Waals surface area contributed by atoms with Gasteiger partial charge in [0.05, 0.1) is 18.2 Å². The van der Waals surface area contributed by atoms with Crippen LogP contribution in [0.25, 0.3) is 22.0 Å². The van der Waals surface area contributed by atoms with Crippen molar-refractivity contribution in [3.63, 3.8) is 0 Å². The van der Waals surface area contributed by atoms with Crippen molar-refractivity contribution in [1.29, 1.82) is 0 Å². The maximum absolute atomic E-state index is 12.3. The van der Waals surface area contributed by atoms with Gasteiger partial charge in [0.1, 0.15) is 12.3 Å². The number of ether oxygens (including phenoxy) is 2. The summed E-state index contributed by atoms with van der Waals surface area (Å²) in [5.74, 6) is 5.66. The first-order valence-corrected chi connectivity index (χ1v) is 11.3. The fraction of sp³-hybridized carbons (Fsp3) is 0.179. The summed E-state index contributed by atoms with van der Waals surface area (Å²) >= 11 is 0. The Morgan fingerprint density at radius 3 is 2.46 bits per heavy atom. The second-order valence-electron chi connectivity index (χ2n) is 8.13. The lowest BCUT2D eigenvalue weighted by Crippen LogP contribution is -2.26. The first kappa shape index (κ1) is 22.2. The number of benzene rings is 3. The third kappa shape index (κ3) is 4.46. The van der Waals surface area contributed by atoms with Crippen molar-refractivity contribution in [3.05, 3.63) is 89.1 Å². The smallest absolute Gasteiger partial charge is 0.407 e. The van der Waals surface area contributed by atoms with Crippen LogP contribution in [-0.4, -0.2) is 42.5 Å². The van der Waals surface area contributed by atoms with E-state index in [1.165, 1.54) is 29.4 Å². The van der Waals surface area contributed by atoms with Crippen LogP contribution in [0.5, 0.6) is 0 Å². The number of nitrogens with one attached hydrogen (secondary N) is 2. The Kier molecular flexibility index (Phi) is 6.18. The first-order valence-electron chi connectivity index (χ1n) is 11.3. The van der Waals surface area contributed by atoms with E-state index in [0.29, 0.717) is 29.7 Å². The third-order valence-electron chi connectivity index (χ3n) is 6.05. The number of aromatic nitrogens is 2. The summed E-state index contributed by atoms with van der Waals surface area (Å²) in [6.07, 6.45) is -0.0127. The Balaban J connectivity index is 1.14. The highest BCUT2D eigenvalue weighted by molar-refractivity contribution is 5.95. The van der Waals surface area contributed by atoms with Crippen LogP contribution in [0.3, 0.4) is 0 Å². The largest absolute Gasteiger partial charge is 0.465 e. The number of rotatable bonds is 5. The highest BCUT2D eigenvalue weighted by atomic mass is 16.5. The molecule has 0 radical (unpaired) electrons. The van der Waals surface area contributed by atoms with Gasteiger partial charge in [0.2, 0.25) is 0 Å². The van der Waals surface area contributed by atoms with Crippen molar-refractivity contribution in [1.82, 2.24) is 15.5 Å². The van der Waals surface area contributed by atoms with Gasteiger partial charge in [-0.1, -0.05) is 54.5 Å². The Morgan fingerprint density at radius 1 is 1.03 bits per heavy atom. The number of hydrogen-bond donors (Lipinski definition) is 2. The number of H-pyrrole nitrogens is 1. The number of methoxy groups -OCH3 is 1. The second kappa shape index (κ2) is 9.74. The van der Waals surface area contributed by atoms with Gasteiger partial charge in [0.25, 0.3) is 0 Å². The minimum atomic E-state index is -0.462. The van der Waals surface area contributed by atoms with E-state index < -0.39 is 12.1 Å². The van der Waals surface area contributed by atoms with E-state index in [9.17, 15) is 9.59 Å². The molecule has 4 aromatic rings. The highest BCUT2D eigenvalue weighted by Crippen LogP contribution is 2.44. The van der Waals surface area contributed by atoms with E-state index >= 15 is 0 Å². The lowest BCUT2D eigenvalue weighted by Gasteiger charge is -2.14. The van der Waals surface area contributed by atoms with Gasteiger partial charge < -0.3 is 14.8 Å². The molecule has 1 amide bonds. The molecule has 0 atom stereocenters. The van der Waals surface area contributed by atoms with Gasteiger partial charge in [-0.05, 0) is 46.4 Å². The predicted molar refractivity (Wildman–Crippen MR) is 132 cm³/mol. The molecule has 174 valence electrons. The molecule has 1 aliphatic carbocycles. The summed E-state index contributed by atoms with van der Waals surface area (Å²) in [4.78, 5) is 23.9. The number of amides is 1. The van der Waals surface area contributed by atoms with E-state index in [4.69, 9.17) is 9.47 Å². The standard InChI is InChI=1S/C28H23N3O4/c1-34-27(32)18-13-14-23-25(30-31-26(23)16-18)12-6-7-15-29-28(33)35-17-24-21-10-4-2-8-19(21)20-9-3-5-11-22(20)24/h2-5,8-11,13-14,16,24H,7,15,17H2,1H3,(H,29,33)(H,30,31). The summed E-state index contributed by atoms with van der Waals surface area (Å²) in [7, 11) is 1.34. The molecule has 2 N–H and O–H groups in total. The van der Waals surface area contributed by atoms with Crippen molar-refractivity contribution in [3.8, 4) is 23.0 Å². The fourth-order valence-electron chi connectivity index (χ4n) is 4.38. The van der Waals surface area contributed by atoms with Crippen molar-refractivity contribution in [2.45, 2.75) is 12.3 Å². The number of nitrogens with zero attached hydrogens (tertiary/aromatic N) is 1. The zero-order valence-corrected chi connectivity index (χ0v) is 19.1. The number of alkyl carbamates (subject to hydrolysis) is 1. The van der Waals surface area contributed by atoms with Crippen molar-refractivity contribution >= 4 is 23.0 Å². The summed E-state index contributed by atoms with van der Waals surface area (Å²) in [5.41, 5.74) is 6.46. The molecular formula is C28H23N3O4. The van der Waals surface area contributed by atoms with Crippen LogP contribution < -0.4 is 5.32 Å². The Bertz CT molecular complexity index is 1430. The Hall–Kier alpha value is -4.57. The maximum Gasteiger partial charge on any atom is 0.407 e. The van der Waals surface area contributed by atoms with Gasteiger partial charge in [0, 0.05) is 24.3 Å². The topological polar surface area (TPSA) is 93.3 Å². The highest BCUT2D eigenvalue weighted by Gasteiger charge is 2.28. The van der Waals surface area contributed by atoms with Crippen molar-refractivity contribution < 1.29 is 19.1 Å². The molecule has 5 rings (SSSR count). The molecule has 0 spiro atoms. The van der Waals surface area contributed by atoms with E-state index in [1.54, 1.807) is 18.2 Å². The fourth-order valence-corrected chi connectivity index (χ4v) is 4.38. The minimum Gasteiger partial charge on any atom is -0.465 e. The molecule has 35 heavy (non-hydrogen) atoms. The Labute approximate surface area is 202 Å². The van der Waals surface area contributed by atoms with Gasteiger partial charge in [0.15, 0.2) is 0 Å². The molecule has 0 saturated heterocycles. The number of fused-ring (bicyclic) bond motifs is 4. The van der Waals surface area contributed by atoms with E-state index in [2.05, 4.69) is 51.6 Å². The van der Waals surface area contributed by atoms with Crippen LogP contribution in [0.4, 0.5) is 4.79 Å². The molecule has 1 aromatic heterocycles. The second-order valence-corrected chi connectivity index (χ2v) is 8.13. The molecule has 0 bridgehead atoms. The predicted octanol–water partition coefficient (Wildman–Crippen LogP) is 4.63. The molecule has 7 heteroatoms. The SMILES string of the molecule is COC(=O)c1ccc2c(C#CCCNC(=O)OCC3c4ccccc4-c4ccccc43)[nH]nc2c1. The van der Waals surface area contributed by atoms with Crippen molar-refractivity contribution in [2.75, 3.05) is 20.3 Å². The number of esters is 1. The lowest BCUT2D eigenvalue weighted by molar-refractivity contribution is 0.0601. The first-order chi connectivity index (χ1) is 17.2. The van der Waals surface area contributed by atoms with Gasteiger partial charge in [-0.25, -0.2) is 9.59 Å². The van der Waals surface area contributed by atoms with Gasteiger partial charge in [-0.15, -0.1) is 0 Å². The summed E-state index contributed by atoms with van der Waals surface area (Å²) in [6, 6.07) is 21.6. The molecule has 0 fully saturated rings. The van der Waals surface area contributed by atoms with E-state index in [0.717, 1.165) is 5.39 Å². The molecule has 3 aromatic carbocycles. The molecule has 7 nitrogen and oxygen atoms in total. The zero-order valence-electron chi connectivity index (χ0n) is 19.1. The van der Waals surface area contributed by atoms with Crippen LogP contribution >= 0.6 is 0 Å². The molecule has 0 aliphatic heterocycles. The molecule has 1 aliphatic rings. The van der Waals surface area contributed by atoms with Gasteiger partial charge >= 0.3 is 12.1 Å². The number of carbonyl (C=O) groups is 2. The number of aromatic amines is 1. The number of hydrogen-bond acceptors (Lipinski definition) is 5. The van der Waals surface area contributed by atoms with Gasteiger partial charge in [-0.2, -0.15) is 5.10 Å². The average Bonchev–Trinajstić information content (AvgIpc) is 3.45.